The fourth-order valence-corrected chi connectivity index (χ4v) is 2.67. The van der Waals surface area contributed by atoms with Crippen molar-refractivity contribution in [2.75, 3.05) is 13.1 Å². The van der Waals surface area contributed by atoms with E-state index >= 15 is 0 Å². The Balaban J connectivity index is 1.58. The van der Waals surface area contributed by atoms with Gasteiger partial charge in [0.2, 0.25) is 5.88 Å². The molecule has 1 aliphatic rings. The van der Waals surface area contributed by atoms with Crippen LogP contribution < -0.4 is 9.47 Å². The molecule has 3 rings (SSSR count). The van der Waals surface area contributed by atoms with Crippen LogP contribution in [0, 0.1) is 0 Å². The first kappa shape index (κ1) is 19.0. The fourth-order valence-electron chi connectivity index (χ4n) is 2.67. The molecule has 0 aliphatic carbocycles. The quantitative estimate of drug-likeness (QED) is 0.792. The number of aromatic nitrogens is 1. The number of hydrogen-bond acceptors (Lipinski definition) is 4. The predicted molar refractivity (Wildman–Crippen MR) is 91.8 cm³/mol. The van der Waals surface area contributed by atoms with Gasteiger partial charge >= 0.3 is 6.18 Å². The summed E-state index contributed by atoms with van der Waals surface area (Å²) in [5.41, 5.74) is -0.436. The highest BCUT2D eigenvalue weighted by Crippen LogP contribution is 2.35. The zero-order valence-corrected chi connectivity index (χ0v) is 14.9. The van der Waals surface area contributed by atoms with Crippen molar-refractivity contribution in [3.05, 3.63) is 53.7 Å². The van der Waals surface area contributed by atoms with Crippen LogP contribution in [0.15, 0.2) is 42.6 Å². The van der Waals surface area contributed by atoms with Crippen molar-refractivity contribution in [2.24, 2.45) is 0 Å². The van der Waals surface area contributed by atoms with E-state index in [9.17, 15) is 18.0 Å². The zero-order chi connectivity index (χ0) is 19.6. The number of hydrogen-bond donors (Lipinski definition) is 0. The van der Waals surface area contributed by atoms with Gasteiger partial charge in [-0.05, 0) is 50.2 Å². The SMILES string of the molecule is CC(C)Oc1ccc(C(=O)N2CC(Oc3ncccc3C(F)(F)F)C2)cc1. The van der Waals surface area contributed by atoms with E-state index in [0.29, 0.717) is 11.3 Å². The molecule has 2 heterocycles. The molecule has 1 aliphatic heterocycles. The van der Waals surface area contributed by atoms with Crippen molar-refractivity contribution in [1.29, 1.82) is 0 Å². The minimum Gasteiger partial charge on any atom is -0.491 e. The Morgan fingerprint density at radius 2 is 1.85 bits per heavy atom. The molecular formula is C19H19F3N2O3. The molecule has 1 aromatic heterocycles. The molecule has 0 unspecified atom stereocenters. The Hall–Kier alpha value is -2.77. The molecule has 0 saturated carbocycles. The molecule has 144 valence electrons. The summed E-state index contributed by atoms with van der Waals surface area (Å²) in [6.07, 6.45) is -3.78. The van der Waals surface area contributed by atoms with Gasteiger partial charge in [0.15, 0.2) is 0 Å². The van der Waals surface area contributed by atoms with Crippen molar-refractivity contribution in [2.45, 2.75) is 32.2 Å². The molecular weight excluding hydrogens is 361 g/mol. The Morgan fingerprint density at radius 1 is 1.19 bits per heavy atom. The summed E-state index contributed by atoms with van der Waals surface area (Å²) < 4.78 is 49.8. The largest absolute Gasteiger partial charge is 0.491 e. The number of amides is 1. The van der Waals surface area contributed by atoms with Gasteiger partial charge in [-0.3, -0.25) is 4.79 Å². The van der Waals surface area contributed by atoms with Crippen LogP contribution in [0.3, 0.4) is 0 Å². The number of likely N-dealkylation sites (tertiary alicyclic amines) is 1. The molecule has 8 heteroatoms. The van der Waals surface area contributed by atoms with Crippen LogP contribution in [-0.2, 0) is 6.18 Å². The van der Waals surface area contributed by atoms with Crippen molar-refractivity contribution < 1.29 is 27.4 Å². The average molecular weight is 380 g/mol. The third-order valence-corrected chi connectivity index (χ3v) is 3.96. The summed E-state index contributed by atoms with van der Waals surface area (Å²) in [5, 5.41) is 0. The Bertz CT molecular complexity index is 801. The van der Waals surface area contributed by atoms with E-state index < -0.39 is 23.7 Å². The number of alkyl halides is 3. The number of benzene rings is 1. The fraction of sp³-hybridized carbons (Fsp3) is 0.368. The lowest BCUT2D eigenvalue weighted by Crippen LogP contribution is -2.56. The molecule has 1 amide bonds. The number of pyridine rings is 1. The third-order valence-electron chi connectivity index (χ3n) is 3.96. The number of rotatable bonds is 5. The second-order valence-electron chi connectivity index (χ2n) is 6.49. The first-order valence-corrected chi connectivity index (χ1v) is 8.49. The molecule has 27 heavy (non-hydrogen) atoms. The van der Waals surface area contributed by atoms with E-state index in [4.69, 9.17) is 9.47 Å². The van der Waals surface area contributed by atoms with Crippen molar-refractivity contribution in [3.63, 3.8) is 0 Å². The molecule has 0 atom stereocenters. The topological polar surface area (TPSA) is 51.7 Å². The predicted octanol–water partition coefficient (Wildman–Crippen LogP) is 3.79. The van der Waals surface area contributed by atoms with Gasteiger partial charge in [0.25, 0.3) is 5.91 Å². The van der Waals surface area contributed by atoms with Gasteiger partial charge in [0, 0.05) is 11.8 Å². The van der Waals surface area contributed by atoms with E-state index in [0.717, 1.165) is 6.07 Å². The number of carbonyl (C=O) groups excluding carboxylic acids is 1. The maximum Gasteiger partial charge on any atom is 0.421 e. The molecule has 0 bridgehead atoms. The maximum atomic E-state index is 13.0. The minimum atomic E-state index is -4.54. The minimum absolute atomic E-state index is 0.0352. The summed E-state index contributed by atoms with van der Waals surface area (Å²) in [6.45, 7) is 4.23. The molecule has 5 nitrogen and oxygen atoms in total. The monoisotopic (exact) mass is 380 g/mol. The van der Waals surface area contributed by atoms with Crippen LogP contribution in [0.4, 0.5) is 13.2 Å². The van der Waals surface area contributed by atoms with E-state index in [1.807, 2.05) is 13.8 Å². The van der Waals surface area contributed by atoms with Crippen LogP contribution in [0.25, 0.3) is 0 Å². The molecule has 2 aromatic rings. The zero-order valence-electron chi connectivity index (χ0n) is 14.9. The van der Waals surface area contributed by atoms with Crippen molar-refractivity contribution >= 4 is 5.91 Å². The number of halogens is 3. The van der Waals surface area contributed by atoms with E-state index in [1.54, 1.807) is 24.3 Å². The van der Waals surface area contributed by atoms with Gasteiger partial charge in [0.1, 0.15) is 17.4 Å². The van der Waals surface area contributed by atoms with E-state index in [1.165, 1.54) is 17.2 Å². The lowest BCUT2D eigenvalue weighted by molar-refractivity contribution is -0.140. The summed E-state index contributed by atoms with van der Waals surface area (Å²) in [7, 11) is 0. The standard InChI is InChI=1S/C19H19F3N2O3/c1-12(2)26-14-7-5-13(6-8-14)18(25)24-10-15(11-24)27-17-16(19(20,21)22)4-3-9-23-17/h3-9,12,15H,10-11H2,1-2H3. The van der Waals surface area contributed by atoms with Crippen LogP contribution in [0.1, 0.15) is 29.8 Å². The molecule has 1 saturated heterocycles. The summed E-state index contributed by atoms with van der Waals surface area (Å²) in [4.78, 5) is 17.6. The molecule has 0 spiro atoms. The van der Waals surface area contributed by atoms with Crippen molar-refractivity contribution in [3.8, 4) is 11.6 Å². The summed E-state index contributed by atoms with van der Waals surface area (Å²) >= 11 is 0. The van der Waals surface area contributed by atoms with E-state index in [2.05, 4.69) is 4.98 Å². The third kappa shape index (κ3) is 4.50. The first-order valence-electron chi connectivity index (χ1n) is 8.49. The van der Waals surface area contributed by atoms with Gasteiger partial charge in [0.05, 0.1) is 19.2 Å². The van der Waals surface area contributed by atoms with Crippen LogP contribution in [-0.4, -0.2) is 41.1 Å². The first-order chi connectivity index (χ1) is 12.7. The van der Waals surface area contributed by atoms with Gasteiger partial charge in [-0.25, -0.2) is 4.98 Å². The summed E-state index contributed by atoms with van der Waals surface area (Å²) in [5.74, 6) is 0.00139. The normalized spacial score (nSPS) is 14.8. The lowest BCUT2D eigenvalue weighted by Gasteiger charge is -2.39. The number of carbonyl (C=O) groups is 1. The van der Waals surface area contributed by atoms with Gasteiger partial charge < -0.3 is 14.4 Å². The van der Waals surface area contributed by atoms with E-state index in [-0.39, 0.29) is 25.1 Å². The van der Waals surface area contributed by atoms with Crippen molar-refractivity contribution in [1.82, 2.24) is 9.88 Å². The highest BCUT2D eigenvalue weighted by molar-refractivity contribution is 5.94. The Morgan fingerprint density at radius 3 is 2.44 bits per heavy atom. The van der Waals surface area contributed by atoms with Crippen LogP contribution >= 0.6 is 0 Å². The molecule has 0 N–H and O–H groups in total. The molecule has 1 aromatic carbocycles. The lowest BCUT2D eigenvalue weighted by atomic mass is 10.1. The Kier molecular flexibility index (Phi) is 5.25. The second kappa shape index (κ2) is 7.46. The van der Waals surface area contributed by atoms with Crippen LogP contribution in [0.2, 0.25) is 0 Å². The van der Waals surface area contributed by atoms with Gasteiger partial charge in [-0.2, -0.15) is 13.2 Å². The highest BCUT2D eigenvalue weighted by atomic mass is 19.4. The number of ether oxygens (including phenoxy) is 2. The highest BCUT2D eigenvalue weighted by Gasteiger charge is 2.38. The Labute approximate surface area is 154 Å². The summed E-state index contributed by atoms with van der Waals surface area (Å²) in [6, 6.07) is 8.88. The number of nitrogens with zero attached hydrogens (tertiary/aromatic N) is 2. The smallest absolute Gasteiger partial charge is 0.421 e. The maximum absolute atomic E-state index is 13.0. The average Bonchev–Trinajstić information content (AvgIpc) is 2.57. The van der Waals surface area contributed by atoms with Crippen LogP contribution in [0.5, 0.6) is 11.6 Å². The van der Waals surface area contributed by atoms with Gasteiger partial charge in [-0.15, -0.1) is 0 Å². The molecule has 1 fully saturated rings. The van der Waals surface area contributed by atoms with Gasteiger partial charge in [-0.1, -0.05) is 0 Å². The second-order valence-corrected chi connectivity index (χ2v) is 6.49. The molecule has 0 radical (unpaired) electrons.